The lowest BCUT2D eigenvalue weighted by molar-refractivity contribution is -0.137. The standard InChI is InChI=1S/C21H17ClF3N5O/c22-20-17-7-18(28-10-19(17)29-30-20)13-6-16(9-27-8-13)31-11-15(26)5-12-2-1-3-14(4-12)21(23,24)25/h1-4,6-10,15H,5,11,26H2,(H,29,30)/t15-/m0/s1. The number of pyridine rings is 2. The fourth-order valence-electron chi connectivity index (χ4n) is 3.12. The van der Waals surface area contributed by atoms with Gasteiger partial charge in [-0.1, -0.05) is 29.8 Å². The highest BCUT2D eigenvalue weighted by atomic mass is 35.5. The third-order valence-electron chi connectivity index (χ3n) is 4.62. The summed E-state index contributed by atoms with van der Waals surface area (Å²) in [5.74, 6) is 0.470. The monoisotopic (exact) mass is 447 g/mol. The molecule has 4 aromatic rings. The zero-order chi connectivity index (χ0) is 22.0. The molecule has 0 aliphatic carbocycles. The van der Waals surface area contributed by atoms with Crippen LogP contribution in [0.4, 0.5) is 13.2 Å². The van der Waals surface area contributed by atoms with Crippen LogP contribution in [0.2, 0.25) is 5.15 Å². The first-order valence-electron chi connectivity index (χ1n) is 9.29. The number of nitrogens with one attached hydrogen (secondary N) is 1. The van der Waals surface area contributed by atoms with Crippen molar-refractivity contribution >= 4 is 22.5 Å². The second-order valence-corrected chi connectivity index (χ2v) is 7.38. The molecule has 3 aromatic heterocycles. The number of H-pyrrole nitrogens is 1. The summed E-state index contributed by atoms with van der Waals surface area (Å²) in [7, 11) is 0. The van der Waals surface area contributed by atoms with Crippen molar-refractivity contribution < 1.29 is 17.9 Å². The van der Waals surface area contributed by atoms with E-state index >= 15 is 0 Å². The highest BCUT2D eigenvalue weighted by molar-refractivity contribution is 6.34. The summed E-state index contributed by atoms with van der Waals surface area (Å²) < 4.78 is 44.3. The van der Waals surface area contributed by atoms with E-state index in [1.165, 1.54) is 12.3 Å². The second-order valence-electron chi connectivity index (χ2n) is 7.01. The Bertz CT molecular complexity index is 1210. The largest absolute Gasteiger partial charge is 0.490 e. The van der Waals surface area contributed by atoms with Crippen molar-refractivity contribution in [2.24, 2.45) is 5.73 Å². The molecule has 3 heterocycles. The molecule has 4 rings (SSSR count). The number of hydrogen-bond acceptors (Lipinski definition) is 5. The molecule has 0 radical (unpaired) electrons. The van der Waals surface area contributed by atoms with Gasteiger partial charge in [0.25, 0.3) is 0 Å². The van der Waals surface area contributed by atoms with Crippen LogP contribution in [0.15, 0.2) is 55.0 Å². The number of fused-ring (bicyclic) bond motifs is 1. The number of aromatic amines is 1. The first kappa shape index (κ1) is 21.1. The van der Waals surface area contributed by atoms with Crippen LogP contribution in [0, 0.1) is 0 Å². The minimum absolute atomic E-state index is 0.113. The van der Waals surface area contributed by atoms with Gasteiger partial charge in [0, 0.05) is 23.2 Å². The highest BCUT2D eigenvalue weighted by Crippen LogP contribution is 2.30. The number of alkyl halides is 3. The van der Waals surface area contributed by atoms with Gasteiger partial charge < -0.3 is 10.5 Å². The molecule has 0 bridgehead atoms. The van der Waals surface area contributed by atoms with Crippen LogP contribution in [0.3, 0.4) is 0 Å². The normalized spacial score (nSPS) is 12.8. The molecule has 160 valence electrons. The van der Waals surface area contributed by atoms with E-state index in [2.05, 4.69) is 20.2 Å². The lowest BCUT2D eigenvalue weighted by atomic mass is 10.0. The first-order valence-corrected chi connectivity index (χ1v) is 9.67. The van der Waals surface area contributed by atoms with Gasteiger partial charge in [0.2, 0.25) is 0 Å². The molecule has 1 atom stereocenters. The minimum Gasteiger partial charge on any atom is -0.490 e. The van der Waals surface area contributed by atoms with Gasteiger partial charge in [0.15, 0.2) is 0 Å². The van der Waals surface area contributed by atoms with Crippen molar-refractivity contribution in [1.82, 2.24) is 20.2 Å². The number of benzene rings is 1. The molecule has 1 aromatic carbocycles. The predicted octanol–water partition coefficient (Wildman–Crippen LogP) is 4.64. The molecule has 0 fully saturated rings. The molecule has 0 saturated carbocycles. The van der Waals surface area contributed by atoms with Crippen molar-refractivity contribution in [2.45, 2.75) is 18.6 Å². The van der Waals surface area contributed by atoms with Gasteiger partial charge in [-0.25, -0.2) is 0 Å². The Morgan fingerprint density at radius 2 is 1.97 bits per heavy atom. The third kappa shape index (κ3) is 4.95. The Labute approximate surface area is 180 Å². The molecule has 0 amide bonds. The topological polar surface area (TPSA) is 89.7 Å². The van der Waals surface area contributed by atoms with Gasteiger partial charge in [0.05, 0.1) is 23.7 Å². The Kier molecular flexibility index (Phi) is 5.79. The van der Waals surface area contributed by atoms with E-state index in [0.717, 1.165) is 17.5 Å². The molecule has 0 unspecified atom stereocenters. The predicted molar refractivity (Wildman–Crippen MR) is 111 cm³/mol. The van der Waals surface area contributed by atoms with Crippen molar-refractivity contribution in [3.8, 4) is 17.0 Å². The van der Waals surface area contributed by atoms with Crippen LogP contribution < -0.4 is 10.5 Å². The molecular formula is C21H17ClF3N5O. The maximum atomic E-state index is 12.9. The average molecular weight is 448 g/mol. The zero-order valence-electron chi connectivity index (χ0n) is 16.0. The number of hydrogen-bond donors (Lipinski definition) is 2. The molecule has 31 heavy (non-hydrogen) atoms. The highest BCUT2D eigenvalue weighted by Gasteiger charge is 2.30. The summed E-state index contributed by atoms with van der Waals surface area (Å²) in [5.41, 5.74) is 7.86. The molecule has 3 N–H and O–H groups in total. The van der Waals surface area contributed by atoms with E-state index < -0.39 is 17.8 Å². The summed E-state index contributed by atoms with van der Waals surface area (Å²) in [6.07, 6.45) is 0.627. The number of aromatic nitrogens is 4. The quantitative estimate of drug-likeness (QED) is 0.449. The number of halogens is 4. The molecule has 6 nitrogen and oxygen atoms in total. The fraction of sp³-hybridized carbons (Fsp3) is 0.190. The summed E-state index contributed by atoms with van der Waals surface area (Å²) >= 11 is 6.09. The SMILES string of the molecule is N[C@H](COc1cncc(-c2cc3c(Cl)[nH]nc3cn2)c1)Cc1cccc(C(F)(F)F)c1. The summed E-state index contributed by atoms with van der Waals surface area (Å²) in [5, 5.41) is 7.88. The number of ether oxygens (including phenoxy) is 1. The first-order chi connectivity index (χ1) is 14.8. The molecule has 0 aliphatic heterocycles. The number of nitrogens with two attached hydrogens (primary N) is 1. The maximum Gasteiger partial charge on any atom is 0.416 e. The fourth-order valence-corrected chi connectivity index (χ4v) is 3.31. The third-order valence-corrected chi connectivity index (χ3v) is 4.91. The van der Waals surface area contributed by atoms with E-state index in [0.29, 0.717) is 33.2 Å². The molecule has 0 spiro atoms. The van der Waals surface area contributed by atoms with E-state index in [9.17, 15) is 13.2 Å². The van der Waals surface area contributed by atoms with Gasteiger partial charge >= 0.3 is 6.18 Å². The lowest BCUT2D eigenvalue weighted by Crippen LogP contribution is -2.30. The molecular weight excluding hydrogens is 431 g/mol. The van der Waals surface area contributed by atoms with E-state index in [1.54, 1.807) is 30.6 Å². The maximum absolute atomic E-state index is 12.9. The molecule has 10 heteroatoms. The van der Waals surface area contributed by atoms with Crippen molar-refractivity contribution in [1.29, 1.82) is 0 Å². The van der Waals surface area contributed by atoms with Crippen LogP contribution in [-0.2, 0) is 12.6 Å². The summed E-state index contributed by atoms with van der Waals surface area (Å²) in [6, 6.07) is 8.17. The smallest absolute Gasteiger partial charge is 0.416 e. The van der Waals surface area contributed by atoms with Crippen LogP contribution in [0.1, 0.15) is 11.1 Å². The Morgan fingerprint density at radius 3 is 2.77 bits per heavy atom. The number of rotatable bonds is 6. The summed E-state index contributed by atoms with van der Waals surface area (Å²) in [4.78, 5) is 8.52. The Hall–Kier alpha value is -3.17. The number of nitrogens with zero attached hydrogens (tertiary/aromatic N) is 3. The van der Waals surface area contributed by atoms with Crippen LogP contribution in [0.25, 0.3) is 22.2 Å². The minimum atomic E-state index is -4.39. The van der Waals surface area contributed by atoms with Crippen molar-refractivity contribution in [3.05, 3.63) is 71.3 Å². The zero-order valence-corrected chi connectivity index (χ0v) is 16.8. The summed E-state index contributed by atoms with van der Waals surface area (Å²) in [6.45, 7) is 0.113. The molecule has 0 saturated heterocycles. The van der Waals surface area contributed by atoms with Crippen molar-refractivity contribution in [2.75, 3.05) is 6.61 Å². The van der Waals surface area contributed by atoms with E-state index in [1.807, 2.05) is 0 Å². The Balaban J connectivity index is 1.42. The van der Waals surface area contributed by atoms with Crippen molar-refractivity contribution in [3.63, 3.8) is 0 Å². The average Bonchev–Trinajstić information content (AvgIpc) is 3.12. The van der Waals surface area contributed by atoms with E-state index in [-0.39, 0.29) is 13.0 Å². The van der Waals surface area contributed by atoms with E-state index in [4.69, 9.17) is 22.1 Å². The van der Waals surface area contributed by atoms with Gasteiger partial charge in [0.1, 0.15) is 23.0 Å². The van der Waals surface area contributed by atoms with Gasteiger partial charge in [-0.05, 0) is 30.2 Å². The van der Waals surface area contributed by atoms with Gasteiger partial charge in [-0.2, -0.15) is 18.3 Å². The Morgan fingerprint density at radius 1 is 1.13 bits per heavy atom. The lowest BCUT2D eigenvalue weighted by Gasteiger charge is -2.15. The second kappa shape index (κ2) is 8.52. The molecule has 0 aliphatic rings. The van der Waals surface area contributed by atoms with Crippen LogP contribution in [-0.4, -0.2) is 32.8 Å². The van der Waals surface area contributed by atoms with Crippen LogP contribution in [0.5, 0.6) is 5.75 Å². The van der Waals surface area contributed by atoms with Crippen LogP contribution >= 0.6 is 11.6 Å². The van der Waals surface area contributed by atoms with Gasteiger partial charge in [-0.15, -0.1) is 0 Å². The van der Waals surface area contributed by atoms with Gasteiger partial charge in [-0.3, -0.25) is 15.1 Å².